The van der Waals surface area contributed by atoms with E-state index < -0.39 is 0 Å². The van der Waals surface area contributed by atoms with E-state index in [0.717, 1.165) is 35.4 Å². The fraction of sp³-hybridized carbons (Fsp3) is 0.278. The molecule has 1 radical (unpaired) electrons. The maximum atomic E-state index is 9.92. The highest BCUT2D eigenvalue weighted by Gasteiger charge is 2.08. The molecule has 3 rings (SSSR count). The van der Waals surface area contributed by atoms with Crippen LogP contribution >= 0.6 is 0 Å². The van der Waals surface area contributed by atoms with Crippen LogP contribution in [0.25, 0.3) is 0 Å². The third-order valence-corrected chi connectivity index (χ3v) is 3.72. The number of phenols is 1. The fourth-order valence-electron chi connectivity index (χ4n) is 2.49. The van der Waals surface area contributed by atoms with Crippen LogP contribution in [-0.2, 0) is 19.4 Å². The largest absolute Gasteiger partial charge is 0.507 e. The van der Waals surface area contributed by atoms with Crippen LogP contribution in [0.2, 0.25) is 0 Å². The molecule has 0 atom stereocenters. The van der Waals surface area contributed by atoms with E-state index in [2.05, 4.69) is 33.6 Å². The molecule has 0 amide bonds. The van der Waals surface area contributed by atoms with Gasteiger partial charge in [0.1, 0.15) is 18.1 Å². The first kappa shape index (κ1) is 16.0. The SMILES string of the molecule is CCCc1c(O)[c]ccc1OCc1ccc(Cc2nnn[nH]2)cc1. The molecule has 6 nitrogen and oxygen atoms in total. The van der Waals surface area contributed by atoms with Gasteiger partial charge in [0.25, 0.3) is 0 Å². The third kappa shape index (κ3) is 3.90. The van der Waals surface area contributed by atoms with Gasteiger partial charge in [0.05, 0.1) is 0 Å². The molecule has 0 bridgehead atoms. The molecule has 1 aromatic heterocycles. The smallest absolute Gasteiger partial charge is 0.152 e. The first-order valence-electron chi connectivity index (χ1n) is 7.92. The quantitative estimate of drug-likeness (QED) is 0.698. The topological polar surface area (TPSA) is 83.9 Å². The zero-order valence-corrected chi connectivity index (χ0v) is 13.5. The number of benzene rings is 2. The van der Waals surface area contributed by atoms with Crippen molar-refractivity contribution in [2.45, 2.75) is 32.8 Å². The van der Waals surface area contributed by atoms with Gasteiger partial charge in [0.2, 0.25) is 0 Å². The summed E-state index contributed by atoms with van der Waals surface area (Å²) in [5.74, 6) is 1.62. The van der Waals surface area contributed by atoms with E-state index in [1.807, 2.05) is 30.3 Å². The zero-order valence-electron chi connectivity index (χ0n) is 13.5. The summed E-state index contributed by atoms with van der Waals surface area (Å²) in [6, 6.07) is 14.4. The van der Waals surface area contributed by atoms with Gasteiger partial charge in [-0.15, -0.1) is 5.10 Å². The van der Waals surface area contributed by atoms with Crippen LogP contribution in [0.3, 0.4) is 0 Å². The number of aromatic nitrogens is 4. The van der Waals surface area contributed by atoms with Crippen LogP contribution in [0.15, 0.2) is 36.4 Å². The summed E-state index contributed by atoms with van der Waals surface area (Å²) in [5.41, 5.74) is 2.99. The molecule has 2 aromatic carbocycles. The Labute approximate surface area is 140 Å². The number of phenolic OH excluding ortho intramolecular Hbond substituents is 1. The number of aromatic amines is 1. The molecule has 0 aliphatic rings. The van der Waals surface area contributed by atoms with Gasteiger partial charge in [0.15, 0.2) is 5.82 Å². The Kier molecular flexibility index (Phi) is 5.05. The maximum absolute atomic E-state index is 9.92. The molecule has 6 heteroatoms. The van der Waals surface area contributed by atoms with E-state index >= 15 is 0 Å². The Hall–Kier alpha value is -2.89. The molecule has 0 saturated heterocycles. The molecule has 123 valence electrons. The molecule has 2 N–H and O–H groups in total. The minimum absolute atomic E-state index is 0.172. The second kappa shape index (κ2) is 7.59. The summed E-state index contributed by atoms with van der Waals surface area (Å²) < 4.78 is 5.88. The molecule has 0 aliphatic carbocycles. The number of tetrazole rings is 1. The van der Waals surface area contributed by atoms with Gasteiger partial charge in [0, 0.05) is 18.1 Å². The zero-order chi connectivity index (χ0) is 16.8. The Morgan fingerprint density at radius 3 is 2.67 bits per heavy atom. The average Bonchev–Trinajstić information content (AvgIpc) is 3.10. The van der Waals surface area contributed by atoms with Crippen molar-refractivity contribution in [2.75, 3.05) is 0 Å². The van der Waals surface area contributed by atoms with Gasteiger partial charge in [-0.1, -0.05) is 37.6 Å². The van der Waals surface area contributed by atoms with E-state index in [9.17, 15) is 5.11 Å². The Morgan fingerprint density at radius 2 is 1.96 bits per heavy atom. The van der Waals surface area contributed by atoms with Crippen LogP contribution in [0.1, 0.15) is 35.9 Å². The number of aromatic hydroxyl groups is 1. The molecule has 0 unspecified atom stereocenters. The van der Waals surface area contributed by atoms with Crippen LogP contribution < -0.4 is 4.74 Å². The van der Waals surface area contributed by atoms with Crippen molar-refractivity contribution in [2.24, 2.45) is 0 Å². The molecular formula is C18H19N4O2. The highest BCUT2D eigenvalue weighted by Crippen LogP contribution is 2.29. The molecule has 0 aliphatic heterocycles. The predicted octanol–water partition coefficient (Wildman–Crippen LogP) is 2.83. The molecular weight excluding hydrogens is 304 g/mol. The number of ether oxygens (including phenoxy) is 1. The molecule has 24 heavy (non-hydrogen) atoms. The van der Waals surface area contributed by atoms with Crippen molar-refractivity contribution in [3.8, 4) is 11.5 Å². The van der Waals surface area contributed by atoms with Gasteiger partial charge in [-0.05, 0) is 40.1 Å². The van der Waals surface area contributed by atoms with E-state index in [-0.39, 0.29) is 5.75 Å². The minimum atomic E-state index is 0.172. The summed E-state index contributed by atoms with van der Waals surface area (Å²) in [5, 5.41) is 23.7. The highest BCUT2D eigenvalue weighted by atomic mass is 16.5. The number of hydrogen-bond donors (Lipinski definition) is 2. The second-order valence-electron chi connectivity index (χ2n) is 5.55. The first-order chi connectivity index (χ1) is 11.8. The first-order valence-corrected chi connectivity index (χ1v) is 7.92. The lowest BCUT2D eigenvalue weighted by atomic mass is 10.1. The Morgan fingerprint density at radius 1 is 1.17 bits per heavy atom. The van der Waals surface area contributed by atoms with Crippen LogP contribution in [0.5, 0.6) is 11.5 Å². The van der Waals surface area contributed by atoms with E-state index in [1.165, 1.54) is 0 Å². The van der Waals surface area contributed by atoms with E-state index in [4.69, 9.17) is 4.74 Å². The van der Waals surface area contributed by atoms with Gasteiger partial charge >= 0.3 is 0 Å². The third-order valence-electron chi connectivity index (χ3n) is 3.72. The summed E-state index contributed by atoms with van der Waals surface area (Å²) in [6.45, 7) is 2.52. The van der Waals surface area contributed by atoms with Gasteiger partial charge in [-0.2, -0.15) is 0 Å². The van der Waals surface area contributed by atoms with Crippen molar-refractivity contribution in [3.63, 3.8) is 0 Å². The number of nitrogens with one attached hydrogen (secondary N) is 1. The number of rotatable bonds is 7. The lowest BCUT2D eigenvalue weighted by molar-refractivity contribution is 0.300. The van der Waals surface area contributed by atoms with Crippen molar-refractivity contribution in [1.29, 1.82) is 0 Å². The molecule has 1 heterocycles. The van der Waals surface area contributed by atoms with Crippen LogP contribution in [-0.4, -0.2) is 25.7 Å². The predicted molar refractivity (Wildman–Crippen MR) is 88.7 cm³/mol. The Bertz CT molecular complexity index is 770. The normalized spacial score (nSPS) is 10.7. The van der Waals surface area contributed by atoms with E-state index in [0.29, 0.717) is 18.8 Å². The summed E-state index contributed by atoms with van der Waals surface area (Å²) in [6.07, 6.45) is 2.37. The van der Waals surface area contributed by atoms with Crippen LogP contribution in [0.4, 0.5) is 0 Å². The van der Waals surface area contributed by atoms with Crippen molar-refractivity contribution < 1.29 is 9.84 Å². The summed E-state index contributed by atoms with van der Waals surface area (Å²) >= 11 is 0. The van der Waals surface area contributed by atoms with Crippen molar-refractivity contribution >= 4 is 0 Å². The van der Waals surface area contributed by atoms with Gasteiger partial charge in [-0.3, -0.25) is 0 Å². The van der Waals surface area contributed by atoms with E-state index in [1.54, 1.807) is 6.07 Å². The minimum Gasteiger partial charge on any atom is -0.507 e. The molecule has 3 aromatic rings. The standard InChI is InChI=1S/C18H19N4O2/c1-2-4-15-16(23)5-3-6-17(15)24-12-14-9-7-13(8-10-14)11-18-19-21-22-20-18/h3,6-10,23H,2,4,11-12H2,1H3,(H,19,20,21,22). The van der Waals surface area contributed by atoms with Crippen molar-refractivity contribution in [1.82, 2.24) is 20.6 Å². The molecule has 0 saturated carbocycles. The molecule has 0 spiro atoms. The lowest BCUT2D eigenvalue weighted by Gasteiger charge is -2.12. The van der Waals surface area contributed by atoms with Gasteiger partial charge < -0.3 is 9.84 Å². The lowest BCUT2D eigenvalue weighted by Crippen LogP contribution is -1.99. The number of hydrogen-bond acceptors (Lipinski definition) is 5. The van der Waals surface area contributed by atoms with Crippen molar-refractivity contribution in [3.05, 3.63) is 65.0 Å². The fourth-order valence-corrected chi connectivity index (χ4v) is 2.49. The second-order valence-corrected chi connectivity index (χ2v) is 5.55. The molecule has 0 fully saturated rings. The number of nitrogens with zero attached hydrogens (tertiary/aromatic N) is 3. The monoisotopic (exact) mass is 323 g/mol. The average molecular weight is 323 g/mol. The summed E-state index contributed by atoms with van der Waals surface area (Å²) in [7, 11) is 0. The van der Waals surface area contributed by atoms with Crippen LogP contribution in [0, 0.1) is 6.07 Å². The van der Waals surface area contributed by atoms with Gasteiger partial charge in [-0.25, -0.2) is 5.10 Å². The highest BCUT2D eigenvalue weighted by molar-refractivity contribution is 5.43. The summed E-state index contributed by atoms with van der Waals surface area (Å²) in [4.78, 5) is 0. The Balaban J connectivity index is 1.64. The maximum Gasteiger partial charge on any atom is 0.152 e. The number of H-pyrrole nitrogens is 1.